The van der Waals surface area contributed by atoms with Crippen LogP contribution in [0.25, 0.3) is 10.9 Å². The van der Waals surface area contributed by atoms with Gasteiger partial charge in [-0.3, -0.25) is 0 Å². The average molecular weight is 338 g/mol. The maximum atomic E-state index is 12.6. The van der Waals surface area contributed by atoms with Crippen LogP contribution in [0, 0.1) is 0 Å². The number of nitrogens with zero attached hydrogens (tertiary/aromatic N) is 4. The maximum Gasteiger partial charge on any atom is 0.318 e. The van der Waals surface area contributed by atoms with Crippen LogP contribution in [0.15, 0.2) is 36.8 Å². The van der Waals surface area contributed by atoms with Crippen molar-refractivity contribution >= 4 is 16.9 Å². The van der Waals surface area contributed by atoms with Gasteiger partial charge in [-0.05, 0) is 37.0 Å². The van der Waals surface area contributed by atoms with Gasteiger partial charge in [-0.2, -0.15) is 0 Å². The highest BCUT2D eigenvalue weighted by molar-refractivity contribution is 5.83. The average Bonchev–Trinajstić information content (AvgIpc) is 3.34. The lowest BCUT2D eigenvalue weighted by molar-refractivity contribution is 0.190. The number of rotatable bonds is 4. The van der Waals surface area contributed by atoms with Gasteiger partial charge in [-0.15, -0.1) is 10.2 Å². The fourth-order valence-corrected chi connectivity index (χ4v) is 3.65. The third-order valence-corrected chi connectivity index (χ3v) is 4.91. The lowest BCUT2D eigenvalue weighted by Crippen LogP contribution is -2.40. The van der Waals surface area contributed by atoms with Gasteiger partial charge in [0.25, 0.3) is 0 Å². The molecule has 0 bridgehead atoms. The minimum atomic E-state index is -0.0215. The Hall–Kier alpha value is -2.83. The first kappa shape index (κ1) is 15.7. The van der Waals surface area contributed by atoms with Crippen molar-refractivity contribution in [1.82, 2.24) is 30.0 Å². The van der Waals surface area contributed by atoms with Crippen molar-refractivity contribution in [2.45, 2.75) is 25.3 Å². The number of H-pyrrole nitrogens is 1. The number of aromatic amines is 1. The Balaban J connectivity index is 1.39. The first-order valence-electron chi connectivity index (χ1n) is 8.67. The molecule has 25 heavy (non-hydrogen) atoms. The minimum absolute atomic E-state index is 0.0144. The lowest BCUT2D eigenvalue weighted by Gasteiger charge is -2.24. The summed E-state index contributed by atoms with van der Waals surface area (Å²) in [4.78, 5) is 17.7. The Kier molecular flexibility index (Phi) is 4.13. The first-order valence-corrected chi connectivity index (χ1v) is 8.67. The van der Waals surface area contributed by atoms with E-state index < -0.39 is 0 Å². The quantitative estimate of drug-likeness (QED) is 0.766. The van der Waals surface area contributed by atoms with E-state index in [2.05, 4.69) is 38.7 Å². The van der Waals surface area contributed by atoms with E-state index >= 15 is 0 Å². The summed E-state index contributed by atoms with van der Waals surface area (Å²) < 4.78 is 1.89. The van der Waals surface area contributed by atoms with Gasteiger partial charge in [0.15, 0.2) is 5.82 Å². The highest BCUT2D eigenvalue weighted by Crippen LogP contribution is 2.30. The fourth-order valence-electron chi connectivity index (χ4n) is 3.65. The van der Waals surface area contributed by atoms with Crippen LogP contribution in [-0.2, 0) is 13.5 Å². The number of nitrogens with one attached hydrogen (secondary N) is 2. The van der Waals surface area contributed by atoms with E-state index in [4.69, 9.17) is 0 Å². The molecular weight excluding hydrogens is 316 g/mol. The van der Waals surface area contributed by atoms with E-state index in [1.54, 1.807) is 6.33 Å². The van der Waals surface area contributed by atoms with Crippen molar-refractivity contribution in [3.63, 3.8) is 0 Å². The smallest absolute Gasteiger partial charge is 0.318 e. The number of likely N-dealkylation sites (tertiary alicyclic amines) is 1. The predicted octanol–water partition coefficient (Wildman–Crippen LogP) is 2.39. The third-order valence-electron chi connectivity index (χ3n) is 4.91. The summed E-state index contributed by atoms with van der Waals surface area (Å²) in [7, 11) is 1.92. The predicted molar refractivity (Wildman–Crippen MR) is 95.1 cm³/mol. The number of benzene rings is 1. The highest BCUT2D eigenvalue weighted by atomic mass is 16.2. The van der Waals surface area contributed by atoms with Gasteiger partial charge in [0.2, 0.25) is 0 Å². The molecule has 7 heteroatoms. The Labute approximate surface area is 146 Å². The summed E-state index contributed by atoms with van der Waals surface area (Å²) in [5.74, 6) is 0.852. The number of fused-ring (bicyclic) bond motifs is 1. The second-order valence-corrected chi connectivity index (χ2v) is 6.49. The minimum Gasteiger partial charge on any atom is -0.361 e. The molecule has 1 fully saturated rings. The van der Waals surface area contributed by atoms with Gasteiger partial charge in [-0.25, -0.2) is 4.79 Å². The van der Waals surface area contributed by atoms with Crippen molar-refractivity contribution in [2.24, 2.45) is 7.05 Å². The Bertz CT molecular complexity index is 882. The number of hydrogen-bond donors (Lipinski definition) is 2. The first-order chi connectivity index (χ1) is 12.2. The number of carbonyl (C=O) groups excluding carboxylic acids is 1. The molecule has 0 unspecified atom stereocenters. The molecule has 1 aromatic carbocycles. The molecule has 1 aliphatic rings. The third kappa shape index (κ3) is 2.97. The van der Waals surface area contributed by atoms with Crippen molar-refractivity contribution in [2.75, 3.05) is 13.1 Å². The van der Waals surface area contributed by atoms with Crippen LogP contribution in [-0.4, -0.2) is 43.8 Å². The molecular formula is C18H22N6O. The molecule has 0 aliphatic carbocycles. The SMILES string of the molecule is Cn1cnnc1[C@@H]1CCCN1C(=O)NCCc1cccc2[nH]ccc12. The summed E-state index contributed by atoms with van der Waals surface area (Å²) in [6.45, 7) is 1.38. The van der Waals surface area contributed by atoms with Crippen molar-refractivity contribution in [1.29, 1.82) is 0 Å². The molecule has 130 valence electrons. The van der Waals surface area contributed by atoms with Gasteiger partial charge in [0.05, 0.1) is 6.04 Å². The highest BCUT2D eigenvalue weighted by Gasteiger charge is 2.32. The zero-order valence-corrected chi connectivity index (χ0v) is 14.3. The molecule has 3 heterocycles. The Morgan fingerprint density at radius 3 is 3.16 bits per heavy atom. The molecule has 1 saturated heterocycles. The largest absolute Gasteiger partial charge is 0.361 e. The van der Waals surface area contributed by atoms with E-state index in [1.165, 1.54) is 10.9 Å². The molecule has 2 N–H and O–H groups in total. The van der Waals surface area contributed by atoms with Crippen LogP contribution in [0.2, 0.25) is 0 Å². The molecule has 3 aromatic rings. The fraction of sp³-hybridized carbons (Fsp3) is 0.389. The van der Waals surface area contributed by atoms with Gasteiger partial charge in [0, 0.05) is 37.2 Å². The van der Waals surface area contributed by atoms with E-state index in [1.807, 2.05) is 28.8 Å². The molecule has 1 atom stereocenters. The molecule has 1 aliphatic heterocycles. The normalized spacial score (nSPS) is 17.3. The maximum absolute atomic E-state index is 12.6. The molecule has 0 radical (unpaired) electrons. The number of aromatic nitrogens is 4. The zero-order chi connectivity index (χ0) is 17.2. The number of hydrogen-bond acceptors (Lipinski definition) is 3. The summed E-state index contributed by atoms with van der Waals surface area (Å²) >= 11 is 0. The summed E-state index contributed by atoms with van der Waals surface area (Å²) in [6.07, 6.45) is 6.36. The lowest BCUT2D eigenvalue weighted by atomic mass is 10.1. The molecule has 4 rings (SSSR count). The van der Waals surface area contributed by atoms with Gasteiger partial charge in [-0.1, -0.05) is 12.1 Å². The Morgan fingerprint density at radius 1 is 1.40 bits per heavy atom. The molecule has 2 amide bonds. The van der Waals surface area contributed by atoms with E-state index in [0.717, 1.165) is 37.1 Å². The zero-order valence-electron chi connectivity index (χ0n) is 14.3. The van der Waals surface area contributed by atoms with Crippen LogP contribution in [0.4, 0.5) is 4.79 Å². The monoisotopic (exact) mass is 338 g/mol. The van der Waals surface area contributed by atoms with Gasteiger partial charge >= 0.3 is 6.03 Å². The van der Waals surface area contributed by atoms with Crippen molar-refractivity contribution < 1.29 is 4.79 Å². The van der Waals surface area contributed by atoms with Crippen LogP contribution >= 0.6 is 0 Å². The van der Waals surface area contributed by atoms with Crippen LogP contribution < -0.4 is 5.32 Å². The molecule has 7 nitrogen and oxygen atoms in total. The van der Waals surface area contributed by atoms with Crippen molar-refractivity contribution in [3.8, 4) is 0 Å². The summed E-state index contributed by atoms with van der Waals surface area (Å²) in [6, 6.07) is 8.29. The number of amides is 2. The van der Waals surface area contributed by atoms with Crippen LogP contribution in [0.3, 0.4) is 0 Å². The second kappa shape index (κ2) is 6.58. The number of aryl methyl sites for hydroxylation is 1. The van der Waals surface area contributed by atoms with Crippen molar-refractivity contribution in [3.05, 3.63) is 48.2 Å². The number of urea groups is 1. The van der Waals surface area contributed by atoms with E-state index in [9.17, 15) is 4.79 Å². The molecule has 2 aromatic heterocycles. The summed E-state index contributed by atoms with van der Waals surface area (Å²) in [5.41, 5.74) is 2.37. The van der Waals surface area contributed by atoms with Gasteiger partial charge in [0.1, 0.15) is 6.33 Å². The summed E-state index contributed by atoms with van der Waals surface area (Å²) in [5, 5.41) is 12.4. The second-order valence-electron chi connectivity index (χ2n) is 6.49. The molecule has 0 spiro atoms. The topological polar surface area (TPSA) is 78.8 Å². The van der Waals surface area contributed by atoms with E-state index in [-0.39, 0.29) is 12.1 Å². The van der Waals surface area contributed by atoms with Crippen LogP contribution in [0.5, 0.6) is 0 Å². The van der Waals surface area contributed by atoms with Crippen LogP contribution in [0.1, 0.15) is 30.3 Å². The van der Waals surface area contributed by atoms with E-state index in [0.29, 0.717) is 6.54 Å². The van der Waals surface area contributed by atoms with Gasteiger partial charge < -0.3 is 19.8 Å². The Morgan fingerprint density at radius 2 is 2.32 bits per heavy atom. The number of carbonyl (C=O) groups is 1. The molecule has 0 saturated carbocycles. The standard InChI is InChI=1S/C18H22N6O/c1-23-12-21-22-17(23)16-6-3-11-24(16)18(25)20-9-7-13-4-2-5-15-14(13)8-10-19-15/h2,4-5,8,10,12,16,19H,3,6-7,9,11H2,1H3,(H,20,25)/t16-/m0/s1.